The van der Waals surface area contributed by atoms with E-state index in [4.69, 9.17) is 18.9 Å². The van der Waals surface area contributed by atoms with Crippen LogP contribution in [0.2, 0.25) is 0 Å². The minimum absolute atomic E-state index is 0.138. The number of unbranched alkanes of at least 4 members (excludes halogenated alkanes) is 2. The quantitative estimate of drug-likeness (QED) is 0.0484. The summed E-state index contributed by atoms with van der Waals surface area (Å²) in [5.41, 5.74) is -12.3. The fraction of sp³-hybridized carbons (Fsp3) is 0.778. The van der Waals surface area contributed by atoms with Crippen molar-refractivity contribution in [3.63, 3.8) is 0 Å². The normalized spacial score (nSPS) is 15.5. The summed E-state index contributed by atoms with van der Waals surface area (Å²) in [6.45, 7) is 3.37. The molecule has 19 nitrogen and oxygen atoms in total. The SMILES string of the molecule is CN1C=CN(CCCCS(=O)(=O)O)C1.CN1C=CN(CCCCS(=O)(=O)O)C1.O=POOO.O=S(=O)(NS(=O)(=O)C(F)(F)F)C(F)(F)F. The Bertz CT molecular complexity index is 1360. The highest BCUT2D eigenvalue weighted by atomic mass is 32.3. The van der Waals surface area contributed by atoms with Crippen molar-refractivity contribution in [3.8, 4) is 0 Å². The predicted molar refractivity (Wildman–Crippen MR) is 154 cm³/mol. The molecule has 2 aliphatic rings. The van der Waals surface area contributed by atoms with Gasteiger partial charge in [-0.25, -0.2) is 26.7 Å². The molecule has 0 unspecified atom stereocenters. The predicted octanol–water partition coefficient (Wildman–Crippen LogP) is 1.55. The fourth-order valence-electron chi connectivity index (χ4n) is 2.92. The Morgan fingerprint density at radius 2 is 1.02 bits per heavy atom. The topological polar surface area (TPSA) is 258 Å². The number of rotatable bonds is 14. The third-order valence-corrected chi connectivity index (χ3v) is 9.67. The van der Waals surface area contributed by atoms with Crippen LogP contribution < -0.4 is 4.13 Å². The van der Waals surface area contributed by atoms with Crippen molar-refractivity contribution in [3.05, 3.63) is 24.8 Å². The third kappa shape index (κ3) is 24.1. The van der Waals surface area contributed by atoms with Crippen LogP contribution in [0.5, 0.6) is 0 Å². The molecule has 0 atom stereocenters. The van der Waals surface area contributed by atoms with Crippen molar-refractivity contribution >= 4 is 49.0 Å². The average molecular weight is 818 g/mol. The zero-order chi connectivity index (χ0) is 38.0. The summed E-state index contributed by atoms with van der Waals surface area (Å²) >= 11 is 0. The van der Waals surface area contributed by atoms with Crippen molar-refractivity contribution in [1.82, 2.24) is 23.7 Å². The van der Waals surface area contributed by atoms with Crippen molar-refractivity contribution < 1.29 is 88.7 Å². The Morgan fingerprint density at radius 3 is 1.21 bits per heavy atom. The molecule has 0 aromatic rings. The lowest BCUT2D eigenvalue weighted by atomic mass is 10.3. The van der Waals surface area contributed by atoms with E-state index in [1.54, 1.807) is 0 Å². The monoisotopic (exact) mass is 817 g/mol. The number of hydrogen-bond donors (Lipinski definition) is 4. The number of halogens is 6. The van der Waals surface area contributed by atoms with Gasteiger partial charge < -0.3 is 19.6 Å². The molecule has 0 amide bonds. The first-order chi connectivity index (χ1) is 21.6. The van der Waals surface area contributed by atoms with E-state index in [0.29, 0.717) is 12.8 Å². The van der Waals surface area contributed by atoms with Gasteiger partial charge in [0.25, 0.3) is 20.2 Å². The summed E-state index contributed by atoms with van der Waals surface area (Å²) in [5.74, 6) is -0.277. The molecule has 0 aliphatic carbocycles. The molecular weight excluding hydrogens is 783 g/mol. The van der Waals surface area contributed by atoms with Gasteiger partial charge in [0.2, 0.25) is 0 Å². The number of nitrogens with one attached hydrogen (secondary N) is 1. The van der Waals surface area contributed by atoms with Crippen LogP contribution in [-0.2, 0) is 54.6 Å². The number of nitrogens with zero attached hydrogens (tertiary/aromatic N) is 4. The first-order valence-electron chi connectivity index (χ1n) is 12.4. The van der Waals surface area contributed by atoms with E-state index in [0.717, 1.165) is 39.3 Å². The maximum absolute atomic E-state index is 11.5. The highest BCUT2D eigenvalue weighted by molar-refractivity contribution is 8.05. The summed E-state index contributed by atoms with van der Waals surface area (Å²) < 4.78 is 179. The molecule has 0 spiro atoms. The molecule has 48 heavy (non-hydrogen) atoms. The van der Waals surface area contributed by atoms with Crippen LogP contribution in [0.15, 0.2) is 24.8 Å². The summed E-state index contributed by atoms with van der Waals surface area (Å²) in [6, 6.07) is 0. The molecule has 0 saturated heterocycles. The van der Waals surface area contributed by atoms with Crippen LogP contribution in [-0.4, -0.2) is 131 Å². The van der Waals surface area contributed by atoms with Crippen molar-refractivity contribution in [2.24, 2.45) is 0 Å². The van der Waals surface area contributed by atoms with Gasteiger partial charge in [0.15, 0.2) is 0 Å². The highest BCUT2D eigenvalue weighted by Gasteiger charge is 2.55. The van der Waals surface area contributed by atoms with E-state index in [1.807, 2.05) is 48.7 Å². The summed E-state index contributed by atoms with van der Waals surface area (Å²) in [4.78, 5) is 8.29. The van der Waals surface area contributed by atoms with Gasteiger partial charge in [-0.15, -0.1) is 4.67 Å². The van der Waals surface area contributed by atoms with E-state index >= 15 is 0 Å². The van der Waals surface area contributed by atoms with E-state index in [2.05, 4.69) is 19.5 Å². The second-order valence-corrected chi connectivity index (χ2v) is 16.3. The van der Waals surface area contributed by atoms with Crippen molar-refractivity contribution in [2.75, 3.05) is 52.0 Å². The van der Waals surface area contributed by atoms with Gasteiger partial charge in [-0.1, -0.05) is 9.17 Å². The van der Waals surface area contributed by atoms with Gasteiger partial charge in [0, 0.05) is 52.0 Å². The summed E-state index contributed by atoms with van der Waals surface area (Å²) in [7, 11) is -17.5. The number of hydrogen-bond acceptors (Lipinski definition) is 16. The molecule has 30 heteroatoms. The molecule has 0 saturated carbocycles. The molecule has 2 heterocycles. The molecule has 0 radical (unpaired) electrons. The summed E-state index contributed by atoms with van der Waals surface area (Å²) in [5, 5.41) is 10.0. The zero-order valence-electron chi connectivity index (χ0n) is 24.8. The Morgan fingerprint density at radius 1 is 0.688 bits per heavy atom. The molecule has 2 aliphatic heterocycles. The van der Waals surface area contributed by atoms with Crippen LogP contribution in [0.4, 0.5) is 26.3 Å². The second-order valence-electron chi connectivity index (χ2n) is 9.21. The molecule has 0 fully saturated rings. The van der Waals surface area contributed by atoms with Crippen LogP contribution in [0.1, 0.15) is 25.7 Å². The molecule has 0 aromatic heterocycles. The van der Waals surface area contributed by atoms with Gasteiger partial charge >= 0.3 is 39.8 Å². The van der Waals surface area contributed by atoms with E-state index in [1.165, 1.54) is 0 Å². The molecule has 0 aromatic carbocycles. The van der Waals surface area contributed by atoms with Gasteiger partial charge in [-0.05, 0) is 25.7 Å². The van der Waals surface area contributed by atoms with Crippen LogP contribution in [0, 0.1) is 0 Å². The smallest absolute Gasteiger partial charge is 0.362 e. The van der Waals surface area contributed by atoms with E-state index in [9.17, 15) is 60.0 Å². The van der Waals surface area contributed by atoms with Gasteiger partial charge in [0.1, 0.15) is 0 Å². The average Bonchev–Trinajstić information content (AvgIpc) is 3.50. The standard InChI is InChI=1S/2C8H16N2O3S.C2HF6NO4S2.HO4P/c2*1-9-5-6-10(8-9)4-2-3-7-14(11,12)13;3-1(4,5)14(10,11)9-15(12,13)2(6,7)8;1-3-4-5-2/h2*5-6H,2-4,7-8H2,1H3,(H,11,12,13);9H;1H. The highest BCUT2D eigenvalue weighted by Crippen LogP contribution is 2.27. The first kappa shape index (κ1) is 48.0. The molecule has 286 valence electrons. The Hall–Kier alpha value is -2.08. The van der Waals surface area contributed by atoms with Gasteiger partial charge in [0.05, 0.1) is 24.8 Å². The van der Waals surface area contributed by atoms with Crippen molar-refractivity contribution in [1.29, 1.82) is 0 Å². The van der Waals surface area contributed by atoms with Gasteiger partial charge in [-0.2, -0.15) is 43.2 Å². The van der Waals surface area contributed by atoms with Gasteiger partial charge in [-0.3, -0.25) is 9.11 Å². The first-order valence-corrected chi connectivity index (χ1v) is 19.3. The Labute approximate surface area is 274 Å². The zero-order valence-corrected chi connectivity index (χ0v) is 29.0. The number of sulfonamides is 2. The molecule has 4 N–H and O–H groups in total. The minimum Gasteiger partial charge on any atom is -0.362 e. The van der Waals surface area contributed by atoms with Crippen LogP contribution in [0.3, 0.4) is 0 Å². The lowest BCUT2D eigenvalue weighted by molar-refractivity contribution is -0.435. The lowest BCUT2D eigenvalue weighted by Gasteiger charge is -2.17. The van der Waals surface area contributed by atoms with Crippen LogP contribution >= 0.6 is 8.69 Å². The Kier molecular flexibility index (Phi) is 21.2. The fourth-order valence-corrected chi connectivity index (χ4v) is 6.00. The largest absolute Gasteiger partial charge is 0.512 e. The van der Waals surface area contributed by atoms with E-state index in [-0.39, 0.29) is 11.5 Å². The lowest BCUT2D eigenvalue weighted by Crippen LogP contribution is -2.45. The molecule has 0 bridgehead atoms. The van der Waals surface area contributed by atoms with E-state index < -0.39 is 64.1 Å². The molecular formula is C18H34F6N5O14PS4. The Balaban J connectivity index is 0. The third-order valence-electron chi connectivity index (χ3n) is 4.96. The minimum atomic E-state index is -6.60. The second kappa shape index (κ2) is 21.2. The summed E-state index contributed by atoms with van der Waals surface area (Å²) in [6.07, 6.45) is 10.5. The number of alkyl halides is 6. The van der Waals surface area contributed by atoms with Crippen molar-refractivity contribution in [2.45, 2.75) is 36.7 Å². The maximum atomic E-state index is 11.5. The maximum Gasteiger partial charge on any atom is 0.512 e. The van der Waals surface area contributed by atoms with Crippen LogP contribution in [0.25, 0.3) is 0 Å². The molecule has 2 rings (SSSR count).